The summed E-state index contributed by atoms with van der Waals surface area (Å²) in [5.74, 6) is 1.32. The smallest absolute Gasteiger partial charge is 0.228 e. The second kappa shape index (κ2) is 5.85. The van der Waals surface area contributed by atoms with Gasteiger partial charge < -0.3 is 0 Å². The Balaban J connectivity index is 2.07. The first-order valence-electron chi connectivity index (χ1n) is 5.90. The summed E-state index contributed by atoms with van der Waals surface area (Å²) >= 11 is 1.24. The lowest BCUT2D eigenvalue weighted by molar-refractivity contribution is -0.117. The van der Waals surface area contributed by atoms with E-state index in [2.05, 4.69) is 4.98 Å². The van der Waals surface area contributed by atoms with Crippen LogP contribution in [0.1, 0.15) is 18.9 Å². The fourth-order valence-electron chi connectivity index (χ4n) is 1.99. The van der Waals surface area contributed by atoms with Crippen molar-refractivity contribution in [3.05, 3.63) is 23.9 Å². The summed E-state index contributed by atoms with van der Waals surface area (Å²) in [6, 6.07) is 5.24. The number of nitrogens with zero attached hydrogens (tertiary/aromatic N) is 3. The second-order valence-electron chi connectivity index (χ2n) is 4.39. The van der Waals surface area contributed by atoms with Crippen LogP contribution in [0.3, 0.4) is 0 Å². The summed E-state index contributed by atoms with van der Waals surface area (Å²) in [4.78, 5) is 28.6. The summed E-state index contributed by atoms with van der Waals surface area (Å²) in [5, 5.41) is 8.91. The summed E-state index contributed by atoms with van der Waals surface area (Å²) < 4.78 is 0. The zero-order chi connectivity index (χ0) is 13.8. The predicted octanol–water partition coefficient (Wildman–Crippen LogP) is 1.59. The van der Waals surface area contributed by atoms with Crippen molar-refractivity contribution >= 4 is 28.6 Å². The zero-order valence-electron chi connectivity index (χ0n) is 10.5. The lowest BCUT2D eigenvalue weighted by Crippen LogP contribution is -2.25. The average molecular weight is 275 g/mol. The number of anilines is 1. The molecule has 1 atom stereocenters. The lowest BCUT2D eigenvalue weighted by atomic mass is 10.1. The molecule has 1 aliphatic rings. The van der Waals surface area contributed by atoms with Crippen LogP contribution in [0.15, 0.2) is 18.3 Å². The molecular formula is C13H13N3O2S. The normalized spacial score (nSPS) is 18.4. The van der Waals surface area contributed by atoms with Crippen LogP contribution in [0.2, 0.25) is 0 Å². The van der Waals surface area contributed by atoms with Crippen LogP contribution in [0.5, 0.6) is 0 Å². The van der Waals surface area contributed by atoms with Crippen LogP contribution in [-0.4, -0.2) is 28.3 Å². The van der Waals surface area contributed by atoms with E-state index >= 15 is 0 Å². The maximum absolute atomic E-state index is 11.9. The first kappa shape index (κ1) is 13.6. The van der Waals surface area contributed by atoms with Crippen molar-refractivity contribution in [2.75, 3.05) is 17.2 Å². The van der Waals surface area contributed by atoms with Crippen molar-refractivity contribution in [3.63, 3.8) is 0 Å². The number of pyridine rings is 1. The van der Waals surface area contributed by atoms with Crippen molar-refractivity contribution in [1.82, 2.24) is 4.98 Å². The fraction of sp³-hybridized carbons (Fsp3) is 0.385. The fourth-order valence-corrected chi connectivity index (χ4v) is 2.68. The van der Waals surface area contributed by atoms with Crippen molar-refractivity contribution in [1.29, 1.82) is 5.26 Å². The summed E-state index contributed by atoms with van der Waals surface area (Å²) in [7, 11) is 0. The number of aromatic nitrogens is 1. The molecule has 5 nitrogen and oxygen atoms in total. The Morgan fingerprint density at radius 2 is 2.47 bits per heavy atom. The minimum atomic E-state index is -0.00302. The van der Waals surface area contributed by atoms with Gasteiger partial charge in [-0.05, 0) is 18.1 Å². The molecule has 2 rings (SSSR count). The Kier molecular flexibility index (Phi) is 4.17. The molecule has 98 valence electrons. The van der Waals surface area contributed by atoms with Crippen LogP contribution in [0, 0.1) is 17.2 Å². The Hall–Kier alpha value is -1.87. The molecule has 0 saturated carbocycles. The molecule has 0 aliphatic carbocycles. The Morgan fingerprint density at radius 3 is 3.16 bits per heavy atom. The van der Waals surface area contributed by atoms with Gasteiger partial charge in [-0.15, -0.1) is 0 Å². The van der Waals surface area contributed by atoms with E-state index in [4.69, 9.17) is 5.26 Å². The van der Waals surface area contributed by atoms with Gasteiger partial charge in [-0.2, -0.15) is 5.26 Å². The monoisotopic (exact) mass is 275 g/mol. The van der Waals surface area contributed by atoms with Gasteiger partial charge in [-0.1, -0.05) is 11.8 Å². The average Bonchev–Trinajstić information content (AvgIpc) is 2.78. The van der Waals surface area contributed by atoms with E-state index in [0.717, 1.165) is 0 Å². The number of carbonyl (C=O) groups is 2. The molecule has 1 unspecified atom stereocenters. The van der Waals surface area contributed by atoms with Gasteiger partial charge in [-0.3, -0.25) is 14.5 Å². The molecule has 1 fully saturated rings. The van der Waals surface area contributed by atoms with Crippen LogP contribution >= 0.6 is 11.8 Å². The maximum atomic E-state index is 11.9. The van der Waals surface area contributed by atoms with E-state index in [1.54, 1.807) is 17.0 Å². The van der Waals surface area contributed by atoms with Gasteiger partial charge in [0.15, 0.2) is 5.12 Å². The van der Waals surface area contributed by atoms with Gasteiger partial charge in [-0.25, -0.2) is 4.98 Å². The van der Waals surface area contributed by atoms with E-state index in [-0.39, 0.29) is 16.9 Å². The number of carbonyl (C=O) groups excluding carboxylic acids is 2. The molecule has 1 amide bonds. The zero-order valence-corrected chi connectivity index (χ0v) is 11.3. The molecule has 2 heterocycles. The van der Waals surface area contributed by atoms with Gasteiger partial charge in [0.05, 0.1) is 11.6 Å². The minimum absolute atomic E-state index is 0.00302. The van der Waals surface area contributed by atoms with Gasteiger partial charge in [0.2, 0.25) is 5.91 Å². The van der Waals surface area contributed by atoms with Gasteiger partial charge in [0, 0.05) is 31.8 Å². The van der Waals surface area contributed by atoms with E-state index < -0.39 is 0 Å². The Morgan fingerprint density at radius 1 is 1.68 bits per heavy atom. The SMILES string of the molecule is CC(=O)SCC1CC(=O)N(c2cc(C#N)ccn2)C1. The number of thioether (sulfide) groups is 1. The van der Waals surface area contributed by atoms with Gasteiger partial charge in [0.1, 0.15) is 5.82 Å². The van der Waals surface area contributed by atoms with Crippen molar-refractivity contribution in [3.8, 4) is 6.07 Å². The summed E-state index contributed by atoms with van der Waals surface area (Å²) in [6.07, 6.45) is 1.96. The van der Waals surface area contributed by atoms with Crippen LogP contribution in [0.4, 0.5) is 5.82 Å². The van der Waals surface area contributed by atoms with Crippen LogP contribution in [0.25, 0.3) is 0 Å². The topological polar surface area (TPSA) is 74.1 Å². The second-order valence-corrected chi connectivity index (χ2v) is 5.59. The molecule has 0 bridgehead atoms. The number of rotatable bonds is 3. The standard InChI is InChI=1S/C13H13N3O2S/c1-9(17)19-8-11-5-13(18)16(7-11)12-4-10(6-14)2-3-15-12/h2-4,11H,5,7-8H2,1H3. The van der Waals surface area contributed by atoms with Crippen molar-refractivity contribution in [2.45, 2.75) is 13.3 Å². The van der Waals surface area contributed by atoms with Crippen LogP contribution in [-0.2, 0) is 9.59 Å². The van der Waals surface area contributed by atoms with Gasteiger partial charge >= 0.3 is 0 Å². The van der Waals surface area contributed by atoms with E-state index in [1.165, 1.54) is 24.9 Å². The molecule has 6 heteroatoms. The molecular weight excluding hydrogens is 262 g/mol. The molecule has 1 saturated heterocycles. The Bertz CT molecular complexity index is 553. The third-order valence-corrected chi connectivity index (χ3v) is 3.92. The third kappa shape index (κ3) is 3.32. The third-order valence-electron chi connectivity index (χ3n) is 2.88. The number of hydrogen-bond acceptors (Lipinski definition) is 5. The quantitative estimate of drug-likeness (QED) is 0.837. The minimum Gasteiger partial charge on any atom is -0.296 e. The molecule has 1 aromatic rings. The van der Waals surface area contributed by atoms with E-state index in [1.807, 2.05) is 6.07 Å². The Labute approximate surface area is 115 Å². The molecule has 1 aromatic heterocycles. The largest absolute Gasteiger partial charge is 0.296 e. The molecule has 19 heavy (non-hydrogen) atoms. The molecule has 1 aliphatic heterocycles. The highest BCUT2D eigenvalue weighted by molar-refractivity contribution is 8.13. The number of hydrogen-bond donors (Lipinski definition) is 0. The molecule has 0 N–H and O–H groups in total. The van der Waals surface area contributed by atoms with Gasteiger partial charge in [0.25, 0.3) is 0 Å². The summed E-state index contributed by atoms with van der Waals surface area (Å²) in [6.45, 7) is 2.08. The lowest BCUT2D eigenvalue weighted by Gasteiger charge is -2.15. The first-order valence-corrected chi connectivity index (χ1v) is 6.88. The predicted molar refractivity (Wildman–Crippen MR) is 72.6 cm³/mol. The molecule has 0 spiro atoms. The maximum Gasteiger partial charge on any atom is 0.228 e. The highest BCUT2D eigenvalue weighted by Gasteiger charge is 2.31. The summed E-state index contributed by atoms with van der Waals surface area (Å²) in [5.41, 5.74) is 0.486. The first-order chi connectivity index (χ1) is 9.10. The van der Waals surface area contributed by atoms with E-state index in [0.29, 0.717) is 30.1 Å². The van der Waals surface area contributed by atoms with Crippen LogP contribution < -0.4 is 4.90 Å². The molecule has 0 radical (unpaired) electrons. The highest BCUT2D eigenvalue weighted by Crippen LogP contribution is 2.26. The number of nitriles is 1. The van der Waals surface area contributed by atoms with Crippen molar-refractivity contribution in [2.24, 2.45) is 5.92 Å². The van der Waals surface area contributed by atoms with Crippen molar-refractivity contribution < 1.29 is 9.59 Å². The van der Waals surface area contributed by atoms with E-state index in [9.17, 15) is 9.59 Å². The number of amides is 1. The highest BCUT2D eigenvalue weighted by atomic mass is 32.2. The molecule has 0 aromatic carbocycles.